The van der Waals surface area contributed by atoms with Crippen LogP contribution in [0.4, 0.5) is 5.69 Å². The Morgan fingerprint density at radius 3 is 2.40 bits per heavy atom. The van der Waals surface area contributed by atoms with Gasteiger partial charge in [0.05, 0.1) is 0 Å². The molecular formula is C16H15N3O. The first-order valence-electron chi connectivity index (χ1n) is 6.41. The quantitative estimate of drug-likeness (QED) is 0.719. The van der Waals surface area contributed by atoms with Gasteiger partial charge < -0.3 is 10.3 Å². The van der Waals surface area contributed by atoms with Gasteiger partial charge in [-0.3, -0.25) is 0 Å². The number of rotatable bonds is 2. The third kappa shape index (κ3) is 2.28. The van der Waals surface area contributed by atoms with Crippen LogP contribution < -0.4 is 5.73 Å². The molecule has 4 heteroatoms. The highest BCUT2D eigenvalue weighted by Gasteiger charge is 2.12. The van der Waals surface area contributed by atoms with Crippen LogP contribution in [0, 0.1) is 13.8 Å². The van der Waals surface area contributed by atoms with Gasteiger partial charge >= 0.3 is 0 Å². The number of nitrogens with two attached hydrogens (primary N) is 1. The first-order chi connectivity index (χ1) is 9.63. The average Bonchev–Trinajstić information content (AvgIpc) is 2.87. The first-order valence-corrected chi connectivity index (χ1v) is 6.41. The molecule has 0 saturated heterocycles. The van der Waals surface area contributed by atoms with Gasteiger partial charge in [0.1, 0.15) is 0 Å². The maximum atomic E-state index is 5.93. The molecule has 2 aromatic carbocycles. The Morgan fingerprint density at radius 2 is 1.70 bits per heavy atom. The van der Waals surface area contributed by atoms with Gasteiger partial charge in [0.25, 0.3) is 5.89 Å². The minimum Gasteiger partial charge on any atom is -0.398 e. The van der Waals surface area contributed by atoms with E-state index in [0.29, 0.717) is 17.4 Å². The second kappa shape index (κ2) is 4.81. The van der Waals surface area contributed by atoms with Crippen LogP contribution >= 0.6 is 0 Å². The van der Waals surface area contributed by atoms with Crippen molar-refractivity contribution in [1.29, 1.82) is 0 Å². The molecule has 0 amide bonds. The van der Waals surface area contributed by atoms with Gasteiger partial charge in [-0.15, -0.1) is 0 Å². The predicted octanol–water partition coefficient (Wildman–Crippen LogP) is 3.60. The summed E-state index contributed by atoms with van der Waals surface area (Å²) in [7, 11) is 0. The van der Waals surface area contributed by atoms with E-state index >= 15 is 0 Å². The summed E-state index contributed by atoms with van der Waals surface area (Å²) in [5, 5.41) is 4.02. The molecule has 1 heterocycles. The minimum absolute atomic E-state index is 0.509. The topological polar surface area (TPSA) is 64.9 Å². The lowest BCUT2D eigenvalue weighted by molar-refractivity contribution is 0.432. The Kier molecular flexibility index (Phi) is 2.99. The van der Waals surface area contributed by atoms with Crippen LogP contribution in [0.5, 0.6) is 0 Å². The summed E-state index contributed by atoms with van der Waals surface area (Å²) in [5.74, 6) is 1.02. The molecule has 0 aliphatic rings. The van der Waals surface area contributed by atoms with Crippen molar-refractivity contribution < 1.29 is 4.52 Å². The fourth-order valence-corrected chi connectivity index (χ4v) is 2.25. The Bertz CT molecular complexity index is 742. The molecule has 0 saturated carbocycles. The van der Waals surface area contributed by atoms with E-state index in [9.17, 15) is 0 Å². The summed E-state index contributed by atoms with van der Waals surface area (Å²) in [6.07, 6.45) is 0. The van der Waals surface area contributed by atoms with Crippen LogP contribution in [0.15, 0.2) is 47.0 Å². The monoisotopic (exact) mass is 265 g/mol. The normalized spacial score (nSPS) is 10.7. The van der Waals surface area contributed by atoms with Crippen LogP contribution in [0.25, 0.3) is 22.8 Å². The Labute approximate surface area is 117 Å². The fourth-order valence-electron chi connectivity index (χ4n) is 2.25. The van der Waals surface area contributed by atoms with E-state index in [1.165, 1.54) is 11.1 Å². The number of aryl methyl sites for hydroxylation is 2. The number of hydrogen-bond donors (Lipinski definition) is 1. The summed E-state index contributed by atoms with van der Waals surface area (Å²) in [5.41, 5.74) is 10.6. The molecule has 20 heavy (non-hydrogen) atoms. The molecule has 2 N–H and O–H groups in total. The van der Waals surface area contributed by atoms with Gasteiger partial charge in [-0.05, 0) is 38.1 Å². The Balaban J connectivity index is 2.04. The molecule has 3 aromatic rings. The lowest BCUT2D eigenvalue weighted by Gasteiger charge is -2.00. The highest BCUT2D eigenvalue weighted by atomic mass is 16.5. The summed E-state index contributed by atoms with van der Waals surface area (Å²) in [6.45, 7) is 4.09. The number of nitrogens with zero attached hydrogens (tertiary/aromatic N) is 2. The predicted molar refractivity (Wildman–Crippen MR) is 79.1 cm³/mol. The van der Waals surface area contributed by atoms with E-state index in [4.69, 9.17) is 10.3 Å². The zero-order valence-corrected chi connectivity index (χ0v) is 11.4. The third-order valence-electron chi connectivity index (χ3n) is 3.10. The van der Waals surface area contributed by atoms with E-state index in [-0.39, 0.29) is 0 Å². The van der Waals surface area contributed by atoms with Gasteiger partial charge in [-0.1, -0.05) is 34.5 Å². The number of para-hydroxylation sites is 1. The molecule has 1 aromatic heterocycles. The first kappa shape index (κ1) is 12.4. The van der Waals surface area contributed by atoms with Crippen LogP contribution in [0.2, 0.25) is 0 Å². The zero-order valence-electron chi connectivity index (χ0n) is 11.4. The Hall–Kier alpha value is -2.62. The molecule has 0 unspecified atom stereocenters. The SMILES string of the molecule is Cc1cc(C)cc(-c2nc(-c3ccccc3N)no2)c1. The van der Waals surface area contributed by atoms with Crippen molar-refractivity contribution in [3.05, 3.63) is 53.6 Å². The van der Waals surface area contributed by atoms with Gasteiger partial charge in [-0.2, -0.15) is 4.98 Å². The van der Waals surface area contributed by atoms with Crippen molar-refractivity contribution in [2.75, 3.05) is 5.73 Å². The number of aromatic nitrogens is 2. The summed E-state index contributed by atoms with van der Waals surface area (Å²) in [4.78, 5) is 4.44. The second-order valence-corrected chi connectivity index (χ2v) is 4.89. The van der Waals surface area contributed by atoms with Crippen LogP contribution in [-0.2, 0) is 0 Å². The minimum atomic E-state index is 0.509. The fraction of sp³-hybridized carbons (Fsp3) is 0.125. The van der Waals surface area contributed by atoms with Crippen LogP contribution in [0.1, 0.15) is 11.1 Å². The van der Waals surface area contributed by atoms with Gasteiger partial charge in [0.15, 0.2) is 0 Å². The smallest absolute Gasteiger partial charge is 0.258 e. The van der Waals surface area contributed by atoms with E-state index in [0.717, 1.165) is 11.1 Å². The van der Waals surface area contributed by atoms with Crippen molar-refractivity contribution in [2.24, 2.45) is 0 Å². The van der Waals surface area contributed by atoms with E-state index in [2.05, 4.69) is 16.2 Å². The lowest BCUT2D eigenvalue weighted by atomic mass is 10.1. The van der Waals surface area contributed by atoms with E-state index in [1.807, 2.05) is 50.2 Å². The largest absolute Gasteiger partial charge is 0.398 e. The van der Waals surface area contributed by atoms with Crippen molar-refractivity contribution in [3.63, 3.8) is 0 Å². The molecule has 0 radical (unpaired) electrons. The number of nitrogen functional groups attached to an aromatic ring is 1. The zero-order chi connectivity index (χ0) is 14.1. The maximum Gasteiger partial charge on any atom is 0.258 e. The lowest BCUT2D eigenvalue weighted by Crippen LogP contribution is -1.90. The molecule has 4 nitrogen and oxygen atoms in total. The summed E-state index contributed by atoms with van der Waals surface area (Å²) >= 11 is 0. The van der Waals surface area contributed by atoms with E-state index < -0.39 is 0 Å². The highest BCUT2D eigenvalue weighted by molar-refractivity contribution is 5.72. The number of benzene rings is 2. The standard InChI is InChI=1S/C16H15N3O/c1-10-7-11(2)9-12(8-10)16-18-15(19-20-16)13-5-3-4-6-14(13)17/h3-9H,17H2,1-2H3. The van der Waals surface area contributed by atoms with Crippen molar-refractivity contribution in [3.8, 4) is 22.8 Å². The Morgan fingerprint density at radius 1 is 1.00 bits per heavy atom. The van der Waals surface area contributed by atoms with Crippen LogP contribution in [-0.4, -0.2) is 10.1 Å². The van der Waals surface area contributed by atoms with Crippen molar-refractivity contribution >= 4 is 5.69 Å². The van der Waals surface area contributed by atoms with E-state index in [1.54, 1.807) is 0 Å². The molecule has 0 bridgehead atoms. The molecular weight excluding hydrogens is 250 g/mol. The molecule has 0 fully saturated rings. The molecule has 0 atom stereocenters. The molecule has 0 spiro atoms. The second-order valence-electron chi connectivity index (χ2n) is 4.89. The van der Waals surface area contributed by atoms with Crippen molar-refractivity contribution in [2.45, 2.75) is 13.8 Å². The van der Waals surface area contributed by atoms with Gasteiger partial charge in [0.2, 0.25) is 5.82 Å². The highest BCUT2D eigenvalue weighted by Crippen LogP contribution is 2.26. The number of anilines is 1. The molecule has 0 aliphatic carbocycles. The molecule has 100 valence electrons. The van der Waals surface area contributed by atoms with Crippen LogP contribution in [0.3, 0.4) is 0 Å². The van der Waals surface area contributed by atoms with Gasteiger partial charge in [0, 0.05) is 16.8 Å². The third-order valence-corrected chi connectivity index (χ3v) is 3.10. The number of hydrogen-bond acceptors (Lipinski definition) is 4. The maximum absolute atomic E-state index is 5.93. The summed E-state index contributed by atoms with van der Waals surface area (Å²) < 4.78 is 5.35. The average molecular weight is 265 g/mol. The molecule has 3 rings (SSSR count). The summed E-state index contributed by atoms with van der Waals surface area (Å²) in [6, 6.07) is 13.6. The molecule has 0 aliphatic heterocycles. The van der Waals surface area contributed by atoms with Gasteiger partial charge in [-0.25, -0.2) is 0 Å². The van der Waals surface area contributed by atoms with Crippen molar-refractivity contribution in [1.82, 2.24) is 10.1 Å².